The van der Waals surface area contributed by atoms with Gasteiger partial charge in [-0.2, -0.15) is 9.97 Å². The van der Waals surface area contributed by atoms with Gasteiger partial charge in [0.1, 0.15) is 0 Å². The van der Waals surface area contributed by atoms with Crippen molar-refractivity contribution in [2.45, 2.75) is 0 Å². The van der Waals surface area contributed by atoms with Gasteiger partial charge in [0.15, 0.2) is 11.6 Å². The number of rotatable bonds is 5. The van der Waals surface area contributed by atoms with E-state index in [0.717, 1.165) is 82.5 Å². The summed E-state index contributed by atoms with van der Waals surface area (Å²) in [6.07, 6.45) is 1.89. The molecule has 0 saturated heterocycles. The molecule has 7 aromatic carbocycles. The Morgan fingerprint density at radius 2 is 0.907 bits per heavy atom. The molecule has 11 rings (SSSR count). The lowest BCUT2D eigenvalue weighted by Crippen LogP contribution is -2.07. The Bertz CT molecular complexity index is 3200. The van der Waals surface area contributed by atoms with Crippen LogP contribution in [0.3, 0.4) is 0 Å². The Labute approximate surface area is 310 Å². The predicted octanol–water partition coefficient (Wildman–Crippen LogP) is 11.6. The highest BCUT2D eigenvalue weighted by molar-refractivity contribution is 6.35. The lowest BCUT2D eigenvalue weighted by Gasteiger charge is -2.14. The van der Waals surface area contributed by atoms with Gasteiger partial charge in [-0.25, -0.2) is 4.98 Å². The molecule has 0 unspecified atom stereocenters. The van der Waals surface area contributed by atoms with E-state index in [9.17, 15) is 0 Å². The molecule has 0 saturated carbocycles. The number of hydrogen-bond donors (Lipinski definition) is 0. The van der Waals surface area contributed by atoms with Crippen molar-refractivity contribution in [3.05, 3.63) is 182 Å². The van der Waals surface area contributed by atoms with E-state index in [1.165, 1.54) is 0 Å². The van der Waals surface area contributed by atoms with Crippen LogP contribution in [0.25, 0.3) is 100 Å². The van der Waals surface area contributed by atoms with Crippen LogP contribution in [0.2, 0.25) is 0 Å². The van der Waals surface area contributed by atoms with E-state index in [0.29, 0.717) is 17.6 Å². The summed E-state index contributed by atoms with van der Waals surface area (Å²) in [5.41, 5.74) is 10.2. The first-order valence-electron chi connectivity index (χ1n) is 18.1. The second kappa shape index (κ2) is 12.1. The van der Waals surface area contributed by atoms with E-state index >= 15 is 0 Å². The van der Waals surface area contributed by atoms with Gasteiger partial charge in [0.25, 0.3) is 0 Å². The van der Waals surface area contributed by atoms with E-state index in [2.05, 4.69) is 155 Å². The number of pyridine rings is 1. The predicted molar refractivity (Wildman–Crippen MR) is 220 cm³/mol. The topological polar surface area (TPSA) is 61.4 Å². The molecule has 11 aromatic rings. The third kappa shape index (κ3) is 4.60. The summed E-state index contributed by atoms with van der Waals surface area (Å²) < 4.78 is 4.62. The van der Waals surface area contributed by atoms with Crippen molar-refractivity contribution < 1.29 is 0 Å². The number of nitrogens with zero attached hydrogens (tertiary/aromatic N) is 6. The van der Waals surface area contributed by atoms with E-state index in [1.54, 1.807) is 0 Å². The van der Waals surface area contributed by atoms with Crippen molar-refractivity contribution >= 4 is 54.5 Å². The van der Waals surface area contributed by atoms with Gasteiger partial charge >= 0.3 is 0 Å². The van der Waals surface area contributed by atoms with Crippen LogP contribution >= 0.6 is 0 Å². The highest BCUT2D eigenvalue weighted by Crippen LogP contribution is 2.46. The molecule has 0 fully saturated rings. The maximum absolute atomic E-state index is 5.36. The van der Waals surface area contributed by atoms with Crippen LogP contribution < -0.4 is 0 Å². The molecule has 4 heterocycles. The Balaban J connectivity index is 1.32. The maximum atomic E-state index is 5.36. The fraction of sp³-hybridized carbons (Fsp3) is 0. The fourth-order valence-electron chi connectivity index (χ4n) is 8.08. The zero-order valence-electron chi connectivity index (χ0n) is 29.0. The summed E-state index contributed by atoms with van der Waals surface area (Å²) in [6, 6.07) is 61.1. The number of para-hydroxylation sites is 3. The Morgan fingerprint density at radius 3 is 1.65 bits per heavy atom. The van der Waals surface area contributed by atoms with Crippen LogP contribution in [0.5, 0.6) is 0 Å². The average Bonchev–Trinajstić information content (AvgIpc) is 3.79. The SMILES string of the molecule is c1ccc(-c2cccc(-c3nc(-c4ccccc4)nc(-n4c5ccccc5c5c6ncccc6c6c7ccccc7n(-c7ccccc7)c6c54)n3)c2)cc1. The van der Waals surface area contributed by atoms with Crippen LogP contribution in [-0.4, -0.2) is 29.1 Å². The molecule has 0 spiro atoms. The zero-order valence-corrected chi connectivity index (χ0v) is 29.0. The Hall–Kier alpha value is -7.44. The largest absolute Gasteiger partial charge is 0.307 e. The first kappa shape index (κ1) is 30.2. The van der Waals surface area contributed by atoms with Gasteiger partial charge in [-0.15, -0.1) is 0 Å². The van der Waals surface area contributed by atoms with Crippen molar-refractivity contribution in [1.82, 2.24) is 29.1 Å². The van der Waals surface area contributed by atoms with Crippen molar-refractivity contribution in [3.8, 4) is 45.5 Å². The lowest BCUT2D eigenvalue weighted by atomic mass is 10.0. The van der Waals surface area contributed by atoms with Gasteiger partial charge in [-0.3, -0.25) is 9.55 Å². The minimum Gasteiger partial charge on any atom is -0.307 e. The molecule has 0 aliphatic carbocycles. The van der Waals surface area contributed by atoms with Gasteiger partial charge in [-0.05, 0) is 47.5 Å². The normalized spacial score (nSPS) is 11.7. The van der Waals surface area contributed by atoms with Crippen molar-refractivity contribution in [1.29, 1.82) is 0 Å². The fourth-order valence-corrected chi connectivity index (χ4v) is 8.08. The summed E-state index contributed by atoms with van der Waals surface area (Å²) in [6.45, 7) is 0. The highest BCUT2D eigenvalue weighted by Gasteiger charge is 2.26. The third-order valence-electron chi connectivity index (χ3n) is 10.4. The summed E-state index contributed by atoms with van der Waals surface area (Å²) in [5.74, 6) is 1.74. The molecule has 6 nitrogen and oxygen atoms in total. The van der Waals surface area contributed by atoms with Crippen LogP contribution in [-0.2, 0) is 0 Å². The standard InChI is InChI=1S/C48H30N6/c1-4-16-31(17-5-1)33-20-14-21-34(30-33)47-50-46(32-18-6-2-7-19-32)51-48(52-47)54-40-28-13-11-25-37(40)42-43-38(26-15-29-49-43)41-36-24-10-12-27-39(36)53(44(41)45(42)54)35-22-8-3-9-23-35/h1-30H. The van der Waals surface area contributed by atoms with Crippen molar-refractivity contribution in [3.63, 3.8) is 0 Å². The number of benzene rings is 7. The van der Waals surface area contributed by atoms with E-state index < -0.39 is 0 Å². The van der Waals surface area contributed by atoms with Gasteiger partial charge < -0.3 is 4.57 Å². The quantitative estimate of drug-likeness (QED) is 0.180. The molecule has 0 radical (unpaired) electrons. The molecular weight excluding hydrogens is 661 g/mol. The summed E-state index contributed by atoms with van der Waals surface area (Å²) in [5, 5.41) is 5.54. The number of hydrogen-bond acceptors (Lipinski definition) is 4. The molecule has 0 amide bonds. The zero-order chi connectivity index (χ0) is 35.6. The minimum atomic E-state index is 0.539. The van der Waals surface area contributed by atoms with E-state index in [-0.39, 0.29) is 0 Å². The maximum Gasteiger partial charge on any atom is 0.238 e. The molecular formula is C48H30N6. The smallest absolute Gasteiger partial charge is 0.238 e. The molecule has 0 aliphatic heterocycles. The van der Waals surface area contributed by atoms with Crippen LogP contribution in [0.4, 0.5) is 0 Å². The first-order valence-corrected chi connectivity index (χ1v) is 18.1. The Kier molecular flexibility index (Phi) is 6.75. The van der Waals surface area contributed by atoms with Gasteiger partial charge in [0.2, 0.25) is 5.95 Å². The summed E-state index contributed by atoms with van der Waals surface area (Å²) in [7, 11) is 0. The molecule has 0 atom stereocenters. The highest BCUT2D eigenvalue weighted by atomic mass is 15.2. The van der Waals surface area contributed by atoms with Crippen molar-refractivity contribution in [2.24, 2.45) is 0 Å². The van der Waals surface area contributed by atoms with Crippen LogP contribution in [0.15, 0.2) is 182 Å². The molecule has 0 aliphatic rings. The molecule has 6 heteroatoms. The number of fused-ring (bicyclic) bond motifs is 10. The molecule has 252 valence electrons. The number of aromatic nitrogens is 6. The van der Waals surface area contributed by atoms with Gasteiger partial charge in [0.05, 0.1) is 27.6 Å². The molecule has 54 heavy (non-hydrogen) atoms. The first-order chi connectivity index (χ1) is 26.8. The van der Waals surface area contributed by atoms with Gasteiger partial charge in [0, 0.05) is 49.9 Å². The Morgan fingerprint density at radius 1 is 0.370 bits per heavy atom. The van der Waals surface area contributed by atoms with Crippen molar-refractivity contribution in [2.75, 3.05) is 0 Å². The second-order valence-corrected chi connectivity index (χ2v) is 13.5. The van der Waals surface area contributed by atoms with Gasteiger partial charge in [-0.1, -0.05) is 140 Å². The average molecular weight is 691 g/mol. The molecule has 0 N–H and O–H groups in total. The van der Waals surface area contributed by atoms with E-state index in [4.69, 9.17) is 19.9 Å². The molecule has 4 aromatic heterocycles. The lowest BCUT2D eigenvalue weighted by molar-refractivity contribution is 0.953. The van der Waals surface area contributed by atoms with Crippen LogP contribution in [0.1, 0.15) is 0 Å². The minimum absolute atomic E-state index is 0.539. The molecule has 0 bridgehead atoms. The monoisotopic (exact) mass is 690 g/mol. The summed E-state index contributed by atoms with van der Waals surface area (Å²) >= 11 is 0. The second-order valence-electron chi connectivity index (χ2n) is 13.5. The summed E-state index contributed by atoms with van der Waals surface area (Å²) in [4.78, 5) is 20.9. The van der Waals surface area contributed by atoms with E-state index in [1.807, 2.05) is 36.5 Å². The van der Waals surface area contributed by atoms with Crippen LogP contribution in [0, 0.1) is 0 Å². The third-order valence-corrected chi connectivity index (χ3v) is 10.4.